The van der Waals surface area contributed by atoms with Crippen LogP contribution < -0.4 is 16.0 Å². The fourth-order valence-corrected chi connectivity index (χ4v) is 6.07. The minimum atomic E-state index is -0.491. The monoisotopic (exact) mass is 415 g/mol. The third-order valence-electron chi connectivity index (χ3n) is 7.62. The van der Waals surface area contributed by atoms with E-state index in [0.717, 1.165) is 42.4 Å². The van der Waals surface area contributed by atoms with Gasteiger partial charge in [-0.3, -0.25) is 14.9 Å². The summed E-state index contributed by atoms with van der Waals surface area (Å²) in [6, 6.07) is 15.4. The van der Waals surface area contributed by atoms with Gasteiger partial charge < -0.3 is 15.6 Å². The van der Waals surface area contributed by atoms with Gasteiger partial charge in [-0.15, -0.1) is 0 Å². The molecule has 0 unspecified atom stereocenters. The van der Waals surface area contributed by atoms with Crippen molar-refractivity contribution >= 4 is 34.5 Å². The van der Waals surface area contributed by atoms with Crippen LogP contribution in [0.1, 0.15) is 43.0 Å². The summed E-state index contributed by atoms with van der Waals surface area (Å²) >= 11 is 0. The van der Waals surface area contributed by atoms with Crippen LogP contribution in [0.2, 0.25) is 0 Å². The second-order valence-electron chi connectivity index (χ2n) is 9.54. The van der Waals surface area contributed by atoms with E-state index in [1.165, 1.54) is 0 Å². The normalized spacial score (nSPS) is 31.2. The Kier molecular flexibility index (Phi) is 3.76. The summed E-state index contributed by atoms with van der Waals surface area (Å²) in [5, 5.41) is 9.93. The van der Waals surface area contributed by atoms with E-state index in [-0.39, 0.29) is 29.1 Å². The lowest BCUT2D eigenvalue weighted by molar-refractivity contribution is -0.134. The summed E-state index contributed by atoms with van der Waals surface area (Å²) < 4.78 is 0. The molecule has 1 aliphatic heterocycles. The number of para-hydroxylation sites is 3. The van der Waals surface area contributed by atoms with Crippen molar-refractivity contribution in [3.8, 4) is 0 Å². The number of nitrogens with zero attached hydrogens (tertiary/aromatic N) is 1. The fraction of sp³-hybridized carbons (Fsp3) is 0.375. The van der Waals surface area contributed by atoms with Crippen molar-refractivity contribution < 1.29 is 9.59 Å². The smallest absolute Gasteiger partial charge is 0.255 e. The molecular weight excluding hydrogens is 390 g/mol. The summed E-state index contributed by atoms with van der Waals surface area (Å²) in [5.41, 5.74) is 2.60. The van der Waals surface area contributed by atoms with Crippen molar-refractivity contribution in [1.82, 2.24) is 15.3 Å². The first-order chi connectivity index (χ1) is 15.0. The summed E-state index contributed by atoms with van der Waals surface area (Å²) in [5.74, 6) is 0.528. The van der Waals surface area contributed by atoms with Gasteiger partial charge in [0.15, 0.2) is 0 Å². The quantitative estimate of drug-likeness (QED) is 0.510. The predicted molar refractivity (Wildman–Crippen MR) is 119 cm³/mol. The number of H-pyrrole nitrogens is 1. The Morgan fingerprint density at radius 1 is 1.13 bits per heavy atom. The lowest BCUT2D eigenvalue weighted by Gasteiger charge is -2.60. The molecule has 3 saturated carbocycles. The van der Waals surface area contributed by atoms with Crippen LogP contribution in [0, 0.1) is 17.3 Å². The number of amides is 2. The lowest BCUT2D eigenvalue weighted by atomic mass is 9.51. The molecule has 0 saturated heterocycles. The molecule has 4 N–H and O–H groups in total. The second-order valence-corrected chi connectivity index (χ2v) is 9.54. The summed E-state index contributed by atoms with van der Waals surface area (Å²) in [6.45, 7) is 2.18. The van der Waals surface area contributed by atoms with E-state index in [1.807, 2.05) is 48.5 Å². The number of nitrogens with one attached hydrogen (secondary N) is 4. The van der Waals surface area contributed by atoms with Gasteiger partial charge in [0.1, 0.15) is 5.66 Å². The first kappa shape index (κ1) is 18.4. The van der Waals surface area contributed by atoms with Crippen LogP contribution in [-0.4, -0.2) is 27.4 Å². The topological polar surface area (TPSA) is 98.9 Å². The molecule has 1 spiro atoms. The molecule has 3 aliphatic carbocycles. The zero-order chi connectivity index (χ0) is 21.2. The van der Waals surface area contributed by atoms with E-state index in [0.29, 0.717) is 11.5 Å². The van der Waals surface area contributed by atoms with Crippen molar-refractivity contribution in [3.05, 3.63) is 54.1 Å². The number of imidazole rings is 1. The molecule has 2 bridgehead atoms. The van der Waals surface area contributed by atoms with Crippen LogP contribution in [0.5, 0.6) is 0 Å². The van der Waals surface area contributed by atoms with Crippen LogP contribution in [0.25, 0.3) is 11.0 Å². The fourth-order valence-electron chi connectivity index (χ4n) is 6.07. The highest BCUT2D eigenvalue weighted by molar-refractivity contribution is 6.02. The molecule has 4 aliphatic rings. The van der Waals surface area contributed by atoms with E-state index < -0.39 is 5.66 Å². The van der Waals surface area contributed by atoms with Gasteiger partial charge in [-0.2, -0.15) is 0 Å². The molecule has 2 aromatic carbocycles. The minimum Gasteiger partial charge on any atom is -0.362 e. The van der Waals surface area contributed by atoms with E-state index >= 15 is 0 Å². The number of aromatic amines is 1. The summed E-state index contributed by atoms with van der Waals surface area (Å²) in [7, 11) is 0. The molecule has 1 aromatic heterocycles. The van der Waals surface area contributed by atoms with Crippen molar-refractivity contribution in [1.29, 1.82) is 0 Å². The molecule has 158 valence electrons. The summed E-state index contributed by atoms with van der Waals surface area (Å²) in [6.07, 6.45) is 3.41. The van der Waals surface area contributed by atoms with Crippen LogP contribution >= 0.6 is 0 Å². The number of hydrogen-bond donors (Lipinski definition) is 4. The van der Waals surface area contributed by atoms with Crippen molar-refractivity contribution in [2.45, 2.75) is 38.3 Å². The van der Waals surface area contributed by atoms with Gasteiger partial charge in [0.25, 0.3) is 5.91 Å². The van der Waals surface area contributed by atoms with E-state index in [1.54, 1.807) is 0 Å². The second kappa shape index (κ2) is 6.33. The highest BCUT2D eigenvalue weighted by Crippen LogP contribution is 2.58. The SMILES string of the molecule is C[C@@]12CC[C@H](C[C@@H]1C(=O)Nc1nc3ccccc3[nH]1)[C@]1(C2)NC(=O)c2ccccc2N1. The summed E-state index contributed by atoms with van der Waals surface area (Å²) in [4.78, 5) is 33.8. The van der Waals surface area contributed by atoms with Gasteiger partial charge in [-0.25, -0.2) is 4.98 Å². The zero-order valence-electron chi connectivity index (χ0n) is 17.4. The molecule has 3 fully saturated rings. The maximum atomic E-state index is 13.3. The van der Waals surface area contributed by atoms with Gasteiger partial charge in [-0.05, 0) is 55.4 Å². The van der Waals surface area contributed by atoms with E-state index in [4.69, 9.17) is 0 Å². The van der Waals surface area contributed by atoms with Crippen molar-refractivity contribution in [3.63, 3.8) is 0 Å². The molecule has 4 atom stereocenters. The maximum Gasteiger partial charge on any atom is 0.255 e. The number of aromatic nitrogens is 2. The average molecular weight is 415 g/mol. The first-order valence-corrected chi connectivity index (χ1v) is 10.9. The number of benzene rings is 2. The Morgan fingerprint density at radius 2 is 1.94 bits per heavy atom. The molecule has 0 radical (unpaired) electrons. The third-order valence-corrected chi connectivity index (χ3v) is 7.62. The van der Waals surface area contributed by atoms with Gasteiger partial charge in [0.05, 0.1) is 16.6 Å². The van der Waals surface area contributed by atoms with Crippen LogP contribution in [-0.2, 0) is 4.79 Å². The van der Waals surface area contributed by atoms with Gasteiger partial charge >= 0.3 is 0 Å². The average Bonchev–Trinajstić information content (AvgIpc) is 3.15. The highest BCUT2D eigenvalue weighted by atomic mass is 16.2. The predicted octanol–water partition coefficient (Wildman–Crippen LogP) is 3.88. The molecule has 7 nitrogen and oxygen atoms in total. The number of carbonyl (C=O) groups excluding carboxylic acids is 2. The van der Waals surface area contributed by atoms with Crippen LogP contribution in [0.4, 0.5) is 11.6 Å². The Labute approximate surface area is 180 Å². The number of rotatable bonds is 2. The molecule has 7 heteroatoms. The number of hydrogen-bond acceptors (Lipinski definition) is 4. The number of fused-ring (bicyclic) bond motifs is 4. The van der Waals surface area contributed by atoms with Crippen molar-refractivity contribution in [2.75, 3.05) is 10.6 Å². The first-order valence-electron chi connectivity index (χ1n) is 10.9. The Balaban J connectivity index is 1.26. The highest BCUT2D eigenvalue weighted by Gasteiger charge is 2.60. The largest absolute Gasteiger partial charge is 0.362 e. The zero-order valence-corrected chi connectivity index (χ0v) is 17.4. The van der Waals surface area contributed by atoms with Gasteiger partial charge in [-0.1, -0.05) is 31.2 Å². The van der Waals surface area contributed by atoms with Crippen molar-refractivity contribution in [2.24, 2.45) is 17.3 Å². The van der Waals surface area contributed by atoms with Gasteiger partial charge in [0.2, 0.25) is 11.9 Å². The lowest BCUT2D eigenvalue weighted by Crippen LogP contribution is -2.70. The third kappa shape index (κ3) is 2.76. The van der Waals surface area contributed by atoms with Crippen LogP contribution in [0.15, 0.2) is 48.5 Å². The molecule has 2 heterocycles. The standard InChI is InChI=1S/C24H25N5O2/c1-23-11-10-14(24(13-23)28-17-7-3-2-6-15(17)20(30)29-24)12-16(23)21(31)27-22-25-18-8-4-5-9-19(18)26-22/h2-9,14,16,28H,10-13H2,1H3,(H,29,30)(H2,25,26,27,31)/t14-,16-,23+,24+/m1/s1. The van der Waals surface area contributed by atoms with Gasteiger partial charge in [0, 0.05) is 17.5 Å². The van der Waals surface area contributed by atoms with E-state index in [9.17, 15) is 9.59 Å². The Bertz CT molecular complexity index is 1190. The molecule has 3 aromatic rings. The van der Waals surface area contributed by atoms with Crippen LogP contribution in [0.3, 0.4) is 0 Å². The number of anilines is 2. The molecule has 7 rings (SSSR count). The minimum absolute atomic E-state index is 0.00337. The molecule has 2 amide bonds. The Hall–Kier alpha value is -3.35. The number of carbonyl (C=O) groups is 2. The Morgan fingerprint density at radius 3 is 2.77 bits per heavy atom. The molecule has 31 heavy (non-hydrogen) atoms. The molecular formula is C24H25N5O2. The van der Waals surface area contributed by atoms with E-state index in [2.05, 4.69) is 32.8 Å². The maximum absolute atomic E-state index is 13.3.